The number of phenols is 1. The lowest BCUT2D eigenvalue weighted by molar-refractivity contribution is -0.214. The van der Waals surface area contributed by atoms with E-state index in [4.69, 9.17) is 19.0 Å². The molecule has 318 valence electrons. The van der Waals surface area contributed by atoms with Gasteiger partial charge < -0.3 is 34.6 Å². The molecule has 3 N–H and O–H groups in total. The molecule has 0 radical (unpaired) electrons. The number of carbonyl (C=O) groups is 3. The second-order valence-corrected chi connectivity index (χ2v) is 16.3. The molecule has 9 rings (SSSR count). The quantitative estimate of drug-likeness (QED) is 0.126. The van der Waals surface area contributed by atoms with Crippen molar-refractivity contribution in [2.24, 2.45) is 5.41 Å². The van der Waals surface area contributed by atoms with E-state index in [1.165, 1.54) is 4.90 Å². The van der Waals surface area contributed by atoms with E-state index in [9.17, 15) is 19.8 Å². The number of likely N-dealkylation sites (N-methyl/N-ethyl adjacent to an activating group) is 1. The third kappa shape index (κ3) is 7.37. The summed E-state index contributed by atoms with van der Waals surface area (Å²) in [6.07, 6.45) is 0.982. The molecule has 5 aromatic rings. The molecule has 0 aromatic heterocycles. The first-order chi connectivity index (χ1) is 30.2. The third-order valence-electron chi connectivity index (χ3n) is 12.6. The number of allylic oxidation sites excluding steroid dienone is 1. The molecule has 3 heterocycles. The fourth-order valence-corrected chi connectivity index (χ4v) is 9.68. The van der Waals surface area contributed by atoms with Gasteiger partial charge in [-0.25, -0.2) is 0 Å². The van der Waals surface area contributed by atoms with Crippen molar-refractivity contribution in [3.8, 4) is 5.75 Å². The number of aliphatic hydroxyl groups is 1. The van der Waals surface area contributed by atoms with Crippen molar-refractivity contribution in [3.63, 3.8) is 0 Å². The summed E-state index contributed by atoms with van der Waals surface area (Å²) in [6, 6.07) is 41.2. The van der Waals surface area contributed by atoms with Gasteiger partial charge in [-0.3, -0.25) is 19.2 Å². The van der Waals surface area contributed by atoms with Gasteiger partial charge in [-0.1, -0.05) is 146 Å². The van der Waals surface area contributed by atoms with Gasteiger partial charge in [0.1, 0.15) is 41.6 Å². The van der Waals surface area contributed by atoms with E-state index in [-0.39, 0.29) is 38.3 Å². The summed E-state index contributed by atoms with van der Waals surface area (Å²) in [4.78, 5) is 52.8. The first kappa shape index (κ1) is 41.2. The number of nitrogens with zero attached hydrogens (tertiary/aromatic N) is 2. The summed E-state index contributed by atoms with van der Waals surface area (Å²) >= 11 is 0. The van der Waals surface area contributed by atoms with Crippen LogP contribution in [0.1, 0.15) is 39.8 Å². The highest BCUT2D eigenvalue weighted by Crippen LogP contribution is 2.60. The maximum absolute atomic E-state index is 15.8. The number of benzene rings is 5. The molecule has 2 amide bonds. The van der Waals surface area contributed by atoms with Crippen molar-refractivity contribution >= 4 is 23.9 Å². The first-order valence-electron chi connectivity index (χ1n) is 21.0. The number of fused-ring (bicyclic) bond motifs is 4. The van der Waals surface area contributed by atoms with E-state index in [0.29, 0.717) is 6.42 Å². The lowest BCUT2D eigenvalue weighted by Crippen LogP contribution is -2.70. The van der Waals surface area contributed by atoms with Gasteiger partial charge in [0.2, 0.25) is 17.6 Å². The predicted octanol–water partition coefficient (Wildman–Crippen LogP) is 5.31. The van der Waals surface area contributed by atoms with Crippen LogP contribution in [-0.2, 0) is 58.6 Å². The van der Waals surface area contributed by atoms with E-state index in [1.54, 1.807) is 24.2 Å². The van der Waals surface area contributed by atoms with Gasteiger partial charge in [-0.2, -0.15) is 5.06 Å². The summed E-state index contributed by atoms with van der Waals surface area (Å²) in [6.45, 7) is -0.172. The molecule has 12 heteroatoms. The van der Waals surface area contributed by atoms with Gasteiger partial charge in [0.05, 0.1) is 13.2 Å². The van der Waals surface area contributed by atoms with E-state index >= 15 is 4.79 Å². The van der Waals surface area contributed by atoms with Crippen LogP contribution in [0.2, 0.25) is 0 Å². The van der Waals surface area contributed by atoms with Crippen molar-refractivity contribution in [1.82, 2.24) is 15.3 Å². The van der Waals surface area contributed by atoms with E-state index in [1.807, 2.05) is 140 Å². The largest absolute Gasteiger partial charge is 0.508 e. The number of amides is 2. The minimum absolute atomic E-state index is 0.00416. The van der Waals surface area contributed by atoms with Crippen LogP contribution in [0.5, 0.6) is 5.75 Å². The number of aromatic hydroxyl groups is 1. The van der Waals surface area contributed by atoms with Crippen molar-refractivity contribution in [3.05, 3.63) is 179 Å². The number of hydroxylamine groups is 2. The van der Waals surface area contributed by atoms with Crippen LogP contribution in [0.4, 0.5) is 0 Å². The molecular formula is C50H49N3O9. The molecule has 1 saturated carbocycles. The number of ether oxygens (including phenoxy) is 3. The van der Waals surface area contributed by atoms with Crippen molar-refractivity contribution < 1.29 is 43.6 Å². The van der Waals surface area contributed by atoms with Crippen LogP contribution >= 0.6 is 0 Å². The van der Waals surface area contributed by atoms with Crippen molar-refractivity contribution in [1.29, 1.82) is 0 Å². The lowest BCUT2D eigenvalue weighted by atomic mass is 9.62. The number of aliphatic hydroxyl groups excluding tert-OH is 1. The summed E-state index contributed by atoms with van der Waals surface area (Å²) in [5.74, 6) is -2.77. The molecule has 0 spiro atoms. The molecule has 2 bridgehead atoms. The standard InChI is InChI=1S/C50H49N3O9/c1-52(39(46(56)51-28-29-54)30-33-16-5-2-6-17-33)48(58)49-31-41-42-43(61-50(60-42,37-23-7-3-8-24-37)38-25-9-4-10-26-38)45(49)62-53(44(49)47(57)59-41)32-36-20-12-11-18-34(36)21-15-22-35-19-13-14-27-40(35)55/h2-21,23-27,39,41-45,54-55H,22,28-32H2,1H3,(H,51,56)/t39-,41-,42+,43+,44+,45-,49+/m1/s1. The molecule has 5 aromatic carbocycles. The average molecular weight is 836 g/mol. The van der Waals surface area contributed by atoms with Crippen LogP contribution in [0.3, 0.4) is 0 Å². The van der Waals surface area contributed by atoms with E-state index in [0.717, 1.165) is 33.4 Å². The molecule has 0 unspecified atom stereocenters. The number of phenolic OH excluding ortho intramolecular Hbond substituents is 1. The topological polar surface area (TPSA) is 147 Å². The highest BCUT2D eigenvalue weighted by molar-refractivity contribution is 5.96. The van der Waals surface area contributed by atoms with Gasteiger partial charge in [0, 0.05) is 37.6 Å². The zero-order chi connectivity index (χ0) is 42.8. The Morgan fingerprint density at radius 1 is 0.839 bits per heavy atom. The Morgan fingerprint density at radius 2 is 1.45 bits per heavy atom. The SMILES string of the molecule is CN(C(=O)[C@@]12C[C@H]3OC(=O)[C@@H]1N(Cc1ccccc1C=CCc1ccccc1O)O[C@@H]2[C@H]1OC(c2ccccc2)(c2ccccc2)O[C@H]13)[C@H](Cc1ccccc1)C(=O)NCCO. The van der Waals surface area contributed by atoms with E-state index < -0.39 is 65.5 Å². The molecule has 12 nitrogen and oxygen atoms in total. The summed E-state index contributed by atoms with van der Waals surface area (Å²) < 4.78 is 20.5. The fraction of sp³-hybridized carbons (Fsp3) is 0.300. The highest BCUT2D eigenvalue weighted by atomic mass is 16.8. The third-order valence-corrected chi connectivity index (χ3v) is 12.6. The number of hydrogen-bond acceptors (Lipinski definition) is 10. The van der Waals surface area contributed by atoms with Gasteiger partial charge in [0.15, 0.2) is 6.04 Å². The zero-order valence-corrected chi connectivity index (χ0v) is 34.3. The Bertz CT molecular complexity index is 2390. The number of rotatable bonds is 14. The number of carbonyl (C=O) groups excluding carboxylic acids is 3. The van der Waals surface area contributed by atoms with Gasteiger partial charge in [-0.05, 0) is 34.7 Å². The van der Waals surface area contributed by atoms with E-state index in [2.05, 4.69) is 5.32 Å². The molecule has 3 saturated heterocycles. The van der Waals surface area contributed by atoms with Gasteiger partial charge in [0.25, 0.3) is 0 Å². The number of hydrogen-bond donors (Lipinski definition) is 3. The number of esters is 1. The molecule has 7 atom stereocenters. The Balaban J connectivity index is 1.12. The summed E-state index contributed by atoms with van der Waals surface area (Å²) in [5, 5.41) is 24.3. The molecule has 4 fully saturated rings. The summed E-state index contributed by atoms with van der Waals surface area (Å²) in [7, 11) is 1.59. The number of para-hydroxylation sites is 1. The van der Waals surface area contributed by atoms with Crippen LogP contribution in [0, 0.1) is 5.41 Å². The normalized spacial score (nSPS) is 25.2. The Labute approximate surface area is 360 Å². The van der Waals surface area contributed by atoms with Gasteiger partial charge in [-0.15, -0.1) is 0 Å². The predicted molar refractivity (Wildman–Crippen MR) is 229 cm³/mol. The minimum Gasteiger partial charge on any atom is -0.508 e. The summed E-state index contributed by atoms with van der Waals surface area (Å²) in [5.41, 5.74) is 3.15. The second-order valence-electron chi connectivity index (χ2n) is 16.3. The van der Waals surface area contributed by atoms with Crippen LogP contribution in [0.25, 0.3) is 6.08 Å². The molecule has 4 aliphatic rings. The maximum Gasteiger partial charge on any atom is 0.327 e. The Kier molecular flexibility index (Phi) is 11.5. The zero-order valence-electron chi connectivity index (χ0n) is 34.3. The monoisotopic (exact) mass is 835 g/mol. The van der Waals surface area contributed by atoms with Crippen molar-refractivity contribution in [2.75, 3.05) is 20.2 Å². The lowest BCUT2D eigenvalue weighted by Gasteiger charge is -2.50. The van der Waals surface area contributed by atoms with Crippen LogP contribution in [-0.4, -0.2) is 94.7 Å². The Hall–Kier alpha value is -6.15. The van der Waals surface area contributed by atoms with Crippen LogP contribution < -0.4 is 5.32 Å². The Morgan fingerprint density at radius 3 is 2.13 bits per heavy atom. The van der Waals surface area contributed by atoms with Gasteiger partial charge >= 0.3 is 5.97 Å². The maximum atomic E-state index is 15.8. The second kappa shape index (κ2) is 17.3. The molecular weight excluding hydrogens is 787 g/mol. The first-order valence-corrected chi connectivity index (χ1v) is 21.0. The average Bonchev–Trinajstić information content (AvgIpc) is 3.89. The minimum atomic E-state index is -1.58. The van der Waals surface area contributed by atoms with Crippen LogP contribution in [0.15, 0.2) is 146 Å². The van der Waals surface area contributed by atoms with Crippen molar-refractivity contribution in [2.45, 2.75) is 68.1 Å². The molecule has 3 aliphatic heterocycles. The molecule has 62 heavy (non-hydrogen) atoms. The molecule has 1 aliphatic carbocycles. The fourth-order valence-electron chi connectivity index (χ4n) is 9.68. The number of nitrogens with one attached hydrogen (secondary N) is 1. The smallest absolute Gasteiger partial charge is 0.327 e. The highest BCUT2D eigenvalue weighted by Gasteiger charge is 2.77.